The second-order valence-electron chi connectivity index (χ2n) is 6.38. The van der Waals surface area contributed by atoms with Crippen LogP contribution in [0.3, 0.4) is 0 Å². The Hall–Kier alpha value is -2.92. The number of benzene rings is 2. The van der Waals surface area contributed by atoms with Crippen LogP contribution < -0.4 is 0 Å². The molecular weight excluding hydrogens is 342 g/mol. The minimum Gasteiger partial charge on any atom is -0.453 e. The molecule has 2 aromatic rings. The minimum absolute atomic E-state index is 0.336. The lowest BCUT2D eigenvalue weighted by Gasteiger charge is -2.27. The van der Waals surface area contributed by atoms with E-state index in [0.29, 0.717) is 24.2 Å². The van der Waals surface area contributed by atoms with Gasteiger partial charge in [0.15, 0.2) is 6.61 Å². The van der Waals surface area contributed by atoms with E-state index in [1.165, 1.54) is 0 Å². The van der Waals surface area contributed by atoms with Crippen LogP contribution in [-0.2, 0) is 19.9 Å². The average Bonchev–Trinajstić information content (AvgIpc) is 2.70. The highest BCUT2D eigenvalue weighted by Gasteiger charge is 2.42. The Morgan fingerprint density at radius 1 is 1.04 bits per heavy atom. The summed E-state index contributed by atoms with van der Waals surface area (Å²) in [6.45, 7) is 7.89. The van der Waals surface area contributed by atoms with Crippen LogP contribution in [0.5, 0.6) is 0 Å². The molecule has 5 nitrogen and oxygen atoms in total. The second-order valence-corrected chi connectivity index (χ2v) is 6.38. The molecule has 0 fully saturated rings. The highest BCUT2D eigenvalue weighted by Crippen LogP contribution is 2.31. The molecule has 5 heteroatoms. The maximum Gasteiger partial charge on any atom is 0.348 e. The fourth-order valence-electron chi connectivity index (χ4n) is 2.79. The van der Waals surface area contributed by atoms with Gasteiger partial charge in [-0.3, -0.25) is 4.79 Å². The number of esters is 1. The zero-order valence-corrected chi connectivity index (χ0v) is 15.7. The Kier molecular flexibility index (Phi) is 6.91. The summed E-state index contributed by atoms with van der Waals surface area (Å²) >= 11 is 0. The summed E-state index contributed by atoms with van der Waals surface area (Å²) in [4.78, 5) is 26.7. The average molecular weight is 367 g/mol. The normalized spacial score (nSPS) is 10.9. The predicted octanol–water partition coefficient (Wildman–Crippen LogP) is 2.89. The van der Waals surface area contributed by atoms with E-state index in [0.717, 1.165) is 5.57 Å². The smallest absolute Gasteiger partial charge is 0.348 e. The number of aliphatic hydroxyl groups is 1. The molecule has 0 aliphatic rings. The first kappa shape index (κ1) is 20.4. The van der Waals surface area contributed by atoms with Crippen LogP contribution >= 0.6 is 0 Å². The molecule has 0 saturated carbocycles. The topological polar surface area (TPSA) is 66.8 Å². The van der Waals surface area contributed by atoms with E-state index < -0.39 is 18.2 Å². The van der Waals surface area contributed by atoms with Gasteiger partial charge in [0.25, 0.3) is 5.91 Å². The Balaban J connectivity index is 2.23. The van der Waals surface area contributed by atoms with Crippen LogP contribution in [0.1, 0.15) is 25.0 Å². The molecule has 142 valence electrons. The van der Waals surface area contributed by atoms with Gasteiger partial charge < -0.3 is 14.7 Å². The fourth-order valence-corrected chi connectivity index (χ4v) is 2.79. The van der Waals surface area contributed by atoms with Crippen LogP contribution in [0.4, 0.5) is 0 Å². The van der Waals surface area contributed by atoms with Gasteiger partial charge in [0.2, 0.25) is 5.60 Å². The van der Waals surface area contributed by atoms with Crippen LogP contribution in [0.15, 0.2) is 72.8 Å². The van der Waals surface area contributed by atoms with Gasteiger partial charge in [0.05, 0.1) is 0 Å². The molecule has 0 aliphatic heterocycles. The minimum atomic E-state index is -1.99. The molecule has 0 aliphatic carbocycles. The second kappa shape index (κ2) is 9.14. The van der Waals surface area contributed by atoms with E-state index in [9.17, 15) is 14.7 Å². The highest BCUT2D eigenvalue weighted by atomic mass is 16.6. The van der Waals surface area contributed by atoms with Crippen molar-refractivity contribution < 1.29 is 19.4 Å². The molecular formula is C22H25NO4. The monoisotopic (exact) mass is 367 g/mol. The summed E-state index contributed by atoms with van der Waals surface area (Å²) in [5.41, 5.74) is -0.402. The Bertz CT molecular complexity index is 747. The first-order valence-electron chi connectivity index (χ1n) is 8.82. The van der Waals surface area contributed by atoms with Crippen molar-refractivity contribution in [1.29, 1.82) is 0 Å². The van der Waals surface area contributed by atoms with Crippen LogP contribution in [0.2, 0.25) is 0 Å². The van der Waals surface area contributed by atoms with Crippen molar-refractivity contribution >= 4 is 11.9 Å². The maximum atomic E-state index is 12.8. The van der Waals surface area contributed by atoms with Crippen molar-refractivity contribution in [2.75, 3.05) is 19.7 Å². The van der Waals surface area contributed by atoms with Crippen LogP contribution in [0.25, 0.3) is 0 Å². The lowest BCUT2D eigenvalue weighted by molar-refractivity contribution is -0.166. The van der Waals surface area contributed by atoms with E-state index >= 15 is 0 Å². The van der Waals surface area contributed by atoms with Crippen molar-refractivity contribution in [2.24, 2.45) is 0 Å². The van der Waals surface area contributed by atoms with Crippen molar-refractivity contribution in [2.45, 2.75) is 19.4 Å². The highest BCUT2D eigenvalue weighted by molar-refractivity contribution is 5.88. The molecule has 2 rings (SSSR count). The number of nitrogens with zero attached hydrogens (tertiary/aromatic N) is 1. The molecule has 27 heavy (non-hydrogen) atoms. The van der Waals surface area contributed by atoms with Crippen molar-refractivity contribution in [3.8, 4) is 0 Å². The molecule has 1 N–H and O–H groups in total. The summed E-state index contributed by atoms with van der Waals surface area (Å²) < 4.78 is 5.23. The number of hydrogen-bond acceptors (Lipinski definition) is 4. The van der Waals surface area contributed by atoms with E-state index in [1.54, 1.807) is 65.6 Å². The van der Waals surface area contributed by atoms with E-state index in [4.69, 9.17) is 4.74 Å². The zero-order valence-electron chi connectivity index (χ0n) is 15.7. The Morgan fingerprint density at radius 2 is 1.52 bits per heavy atom. The third kappa shape index (κ3) is 4.83. The van der Waals surface area contributed by atoms with E-state index in [1.807, 2.05) is 13.8 Å². The number of ether oxygens (including phenoxy) is 1. The fraction of sp³-hybridized carbons (Fsp3) is 0.273. The number of likely N-dealkylation sites (N-methyl/N-ethyl adjacent to an activating group) is 1. The molecule has 2 aromatic carbocycles. The predicted molar refractivity (Wildman–Crippen MR) is 104 cm³/mol. The first-order valence-corrected chi connectivity index (χ1v) is 8.82. The lowest BCUT2D eigenvalue weighted by atomic mass is 9.86. The number of amides is 1. The summed E-state index contributed by atoms with van der Waals surface area (Å²) in [6, 6.07) is 17.1. The SMILES string of the molecule is C=C(C)CN(CC)C(=O)COC(=O)C(O)(c1ccccc1)c1ccccc1. The first-order chi connectivity index (χ1) is 12.9. The zero-order chi connectivity index (χ0) is 19.9. The van der Waals surface area contributed by atoms with Crippen molar-refractivity contribution in [3.63, 3.8) is 0 Å². The van der Waals surface area contributed by atoms with Crippen molar-refractivity contribution in [3.05, 3.63) is 83.9 Å². The summed E-state index contributed by atoms with van der Waals surface area (Å²) in [5.74, 6) is -1.23. The molecule has 0 radical (unpaired) electrons. The van der Waals surface area contributed by atoms with Gasteiger partial charge in [-0.1, -0.05) is 72.8 Å². The van der Waals surface area contributed by atoms with E-state index in [-0.39, 0.29) is 5.91 Å². The molecule has 0 heterocycles. The molecule has 0 bridgehead atoms. The van der Waals surface area contributed by atoms with Crippen LogP contribution in [0, 0.1) is 0 Å². The number of hydrogen-bond donors (Lipinski definition) is 1. The maximum absolute atomic E-state index is 12.8. The van der Waals surface area contributed by atoms with Crippen molar-refractivity contribution in [1.82, 2.24) is 4.90 Å². The molecule has 0 spiro atoms. The van der Waals surface area contributed by atoms with Gasteiger partial charge in [-0.25, -0.2) is 4.79 Å². The quantitative estimate of drug-likeness (QED) is 0.575. The van der Waals surface area contributed by atoms with Gasteiger partial charge in [0, 0.05) is 13.1 Å². The summed E-state index contributed by atoms with van der Waals surface area (Å²) in [7, 11) is 0. The molecule has 0 atom stereocenters. The third-order valence-electron chi connectivity index (χ3n) is 4.20. The van der Waals surface area contributed by atoms with Gasteiger partial charge in [-0.15, -0.1) is 0 Å². The number of carbonyl (C=O) groups is 2. The van der Waals surface area contributed by atoms with Gasteiger partial charge in [0.1, 0.15) is 0 Å². The van der Waals surface area contributed by atoms with Gasteiger partial charge in [-0.2, -0.15) is 0 Å². The summed E-state index contributed by atoms with van der Waals surface area (Å²) in [5, 5.41) is 11.3. The lowest BCUT2D eigenvalue weighted by Crippen LogP contribution is -2.41. The Morgan fingerprint density at radius 3 is 1.93 bits per heavy atom. The molecule has 0 aromatic heterocycles. The van der Waals surface area contributed by atoms with Crippen LogP contribution in [-0.4, -0.2) is 41.6 Å². The number of carbonyl (C=O) groups excluding carboxylic acids is 2. The summed E-state index contributed by atoms with van der Waals surface area (Å²) in [6.07, 6.45) is 0. The Labute approximate surface area is 159 Å². The third-order valence-corrected chi connectivity index (χ3v) is 4.20. The van der Waals surface area contributed by atoms with E-state index in [2.05, 4.69) is 6.58 Å². The van der Waals surface area contributed by atoms with Gasteiger partial charge in [-0.05, 0) is 25.0 Å². The standard InChI is InChI=1S/C22H25NO4/c1-4-23(15-17(2)3)20(24)16-27-21(25)22(26,18-11-7-5-8-12-18)19-13-9-6-10-14-19/h5-14,26H,2,4,15-16H2,1,3H3. The molecule has 1 amide bonds. The molecule has 0 saturated heterocycles. The number of rotatable bonds is 8. The van der Waals surface area contributed by atoms with Gasteiger partial charge >= 0.3 is 5.97 Å². The largest absolute Gasteiger partial charge is 0.453 e. The molecule has 0 unspecified atom stereocenters.